The molecule has 1 aliphatic heterocycles. The predicted octanol–water partition coefficient (Wildman–Crippen LogP) is 2.25. The van der Waals surface area contributed by atoms with E-state index in [4.69, 9.17) is 5.11 Å². The smallest absolute Gasteiger partial charge is 0.187 e. The lowest BCUT2D eigenvalue weighted by Crippen LogP contribution is -2.24. The van der Waals surface area contributed by atoms with Gasteiger partial charge in [0.05, 0.1) is 0 Å². The van der Waals surface area contributed by atoms with Crippen molar-refractivity contribution >= 4 is 0 Å². The second-order valence-corrected chi connectivity index (χ2v) is 4.99. The standard InChI is InChI=1S/C14H20F2N2O/c15-12-8-11(9-13(16)14(12)19)10-17-4-3-7-18-5-1-2-6-18/h8-9,17,19H,1-7,10H2. The summed E-state index contributed by atoms with van der Waals surface area (Å²) in [4.78, 5) is 2.43. The minimum Gasteiger partial charge on any atom is -0.503 e. The third-order valence-corrected chi connectivity index (χ3v) is 3.43. The van der Waals surface area contributed by atoms with Gasteiger partial charge in [0, 0.05) is 6.54 Å². The zero-order valence-corrected chi connectivity index (χ0v) is 11.0. The van der Waals surface area contributed by atoms with Gasteiger partial charge in [0.15, 0.2) is 17.4 Å². The van der Waals surface area contributed by atoms with E-state index in [2.05, 4.69) is 10.2 Å². The van der Waals surface area contributed by atoms with E-state index in [-0.39, 0.29) is 0 Å². The third kappa shape index (κ3) is 4.14. The summed E-state index contributed by atoms with van der Waals surface area (Å²) in [5.74, 6) is -2.72. The van der Waals surface area contributed by atoms with Crippen LogP contribution in [0.2, 0.25) is 0 Å². The maximum Gasteiger partial charge on any atom is 0.187 e. The Balaban J connectivity index is 1.67. The lowest BCUT2D eigenvalue weighted by molar-refractivity contribution is 0.331. The van der Waals surface area contributed by atoms with E-state index < -0.39 is 17.4 Å². The molecule has 0 bridgehead atoms. The first-order valence-electron chi connectivity index (χ1n) is 6.77. The average molecular weight is 270 g/mol. The molecule has 1 saturated heterocycles. The Bertz CT molecular complexity index is 397. The van der Waals surface area contributed by atoms with Crippen LogP contribution >= 0.6 is 0 Å². The maximum absolute atomic E-state index is 13.1. The van der Waals surface area contributed by atoms with Crippen LogP contribution in [0.5, 0.6) is 5.75 Å². The van der Waals surface area contributed by atoms with Crippen molar-refractivity contribution < 1.29 is 13.9 Å². The normalized spacial score (nSPS) is 16.1. The van der Waals surface area contributed by atoms with Gasteiger partial charge >= 0.3 is 0 Å². The molecule has 0 aliphatic carbocycles. The number of benzene rings is 1. The molecule has 0 amide bonds. The SMILES string of the molecule is Oc1c(F)cc(CNCCCN2CCCC2)cc1F. The summed E-state index contributed by atoms with van der Waals surface area (Å²) in [5, 5.41) is 12.1. The molecular weight excluding hydrogens is 250 g/mol. The molecular formula is C14H20F2N2O. The summed E-state index contributed by atoms with van der Waals surface area (Å²) in [6.45, 7) is 4.68. The van der Waals surface area contributed by atoms with Crippen molar-refractivity contribution in [1.29, 1.82) is 0 Å². The molecule has 0 atom stereocenters. The molecule has 1 aromatic rings. The Hall–Kier alpha value is -1.20. The van der Waals surface area contributed by atoms with Crippen molar-refractivity contribution in [2.24, 2.45) is 0 Å². The van der Waals surface area contributed by atoms with Gasteiger partial charge in [-0.3, -0.25) is 0 Å². The highest BCUT2D eigenvalue weighted by atomic mass is 19.1. The second-order valence-electron chi connectivity index (χ2n) is 4.99. The van der Waals surface area contributed by atoms with Crippen molar-refractivity contribution in [3.05, 3.63) is 29.3 Å². The van der Waals surface area contributed by atoms with E-state index in [1.807, 2.05) is 0 Å². The van der Waals surface area contributed by atoms with E-state index in [1.165, 1.54) is 25.9 Å². The van der Waals surface area contributed by atoms with Crippen LogP contribution in [0.4, 0.5) is 8.78 Å². The van der Waals surface area contributed by atoms with Crippen LogP contribution in [-0.4, -0.2) is 36.2 Å². The van der Waals surface area contributed by atoms with Crippen molar-refractivity contribution in [2.75, 3.05) is 26.2 Å². The first-order chi connectivity index (χ1) is 9.16. The van der Waals surface area contributed by atoms with Gasteiger partial charge < -0.3 is 15.3 Å². The largest absolute Gasteiger partial charge is 0.503 e. The van der Waals surface area contributed by atoms with Gasteiger partial charge in [0.25, 0.3) is 0 Å². The molecule has 0 spiro atoms. The minimum absolute atomic E-state index is 0.411. The first kappa shape index (κ1) is 14.2. The summed E-state index contributed by atoms with van der Waals surface area (Å²) >= 11 is 0. The van der Waals surface area contributed by atoms with Crippen molar-refractivity contribution in [3.8, 4) is 5.75 Å². The monoisotopic (exact) mass is 270 g/mol. The van der Waals surface area contributed by atoms with E-state index in [0.717, 1.165) is 31.6 Å². The molecule has 1 fully saturated rings. The topological polar surface area (TPSA) is 35.5 Å². The summed E-state index contributed by atoms with van der Waals surface area (Å²) in [6, 6.07) is 2.32. The second kappa shape index (κ2) is 6.82. The number of rotatable bonds is 6. The highest BCUT2D eigenvalue weighted by Crippen LogP contribution is 2.21. The van der Waals surface area contributed by atoms with Gasteiger partial charge in [0.2, 0.25) is 0 Å². The number of likely N-dealkylation sites (tertiary alicyclic amines) is 1. The lowest BCUT2D eigenvalue weighted by atomic mass is 10.2. The number of aromatic hydroxyl groups is 1. The number of halogens is 2. The van der Waals surface area contributed by atoms with Crippen LogP contribution < -0.4 is 5.32 Å². The quantitative estimate of drug-likeness (QED) is 0.778. The van der Waals surface area contributed by atoms with Crippen molar-refractivity contribution in [2.45, 2.75) is 25.8 Å². The Labute approximate surface area is 112 Å². The van der Waals surface area contributed by atoms with Gasteiger partial charge in [-0.15, -0.1) is 0 Å². The van der Waals surface area contributed by atoms with Gasteiger partial charge in [-0.05, 0) is 63.1 Å². The molecule has 2 N–H and O–H groups in total. The zero-order valence-electron chi connectivity index (χ0n) is 11.0. The fraction of sp³-hybridized carbons (Fsp3) is 0.571. The summed E-state index contributed by atoms with van der Waals surface area (Å²) in [6.07, 6.45) is 3.61. The average Bonchev–Trinajstić information content (AvgIpc) is 2.88. The molecule has 3 nitrogen and oxygen atoms in total. The van der Waals surface area contributed by atoms with Gasteiger partial charge in [-0.2, -0.15) is 0 Å². The Morgan fingerprint density at radius 2 is 1.79 bits per heavy atom. The highest BCUT2D eigenvalue weighted by molar-refractivity contribution is 5.29. The zero-order chi connectivity index (χ0) is 13.7. The van der Waals surface area contributed by atoms with Gasteiger partial charge in [0.1, 0.15) is 0 Å². The summed E-state index contributed by atoms with van der Waals surface area (Å²) in [7, 11) is 0. The molecule has 19 heavy (non-hydrogen) atoms. The molecule has 5 heteroatoms. The Kier molecular flexibility index (Phi) is 5.10. The van der Waals surface area contributed by atoms with Crippen LogP contribution in [0.1, 0.15) is 24.8 Å². The van der Waals surface area contributed by atoms with E-state index in [0.29, 0.717) is 12.1 Å². The Morgan fingerprint density at radius 1 is 1.16 bits per heavy atom. The molecule has 1 heterocycles. The fourth-order valence-electron chi connectivity index (χ4n) is 2.39. The number of hydrogen-bond donors (Lipinski definition) is 2. The minimum atomic E-state index is -0.908. The van der Waals surface area contributed by atoms with Crippen molar-refractivity contribution in [3.63, 3.8) is 0 Å². The maximum atomic E-state index is 13.1. The first-order valence-corrected chi connectivity index (χ1v) is 6.77. The number of phenols is 1. The number of hydrogen-bond acceptors (Lipinski definition) is 3. The molecule has 106 valence electrons. The third-order valence-electron chi connectivity index (χ3n) is 3.43. The molecule has 0 unspecified atom stereocenters. The molecule has 0 aromatic heterocycles. The number of phenolic OH excluding ortho intramolecular Hbond substituents is 1. The van der Waals surface area contributed by atoms with Crippen LogP contribution in [0, 0.1) is 11.6 Å². The van der Waals surface area contributed by atoms with Crippen LogP contribution in [0.3, 0.4) is 0 Å². The summed E-state index contributed by atoms with van der Waals surface area (Å²) < 4.78 is 26.2. The lowest BCUT2D eigenvalue weighted by Gasteiger charge is -2.14. The van der Waals surface area contributed by atoms with Crippen molar-refractivity contribution in [1.82, 2.24) is 10.2 Å². The summed E-state index contributed by atoms with van der Waals surface area (Å²) in [5.41, 5.74) is 0.508. The highest BCUT2D eigenvalue weighted by Gasteiger charge is 2.11. The molecule has 0 saturated carbocycles. The van der Waals surface area contributed by atoms with E-state index >= 15 is 0 Å². The molecule has 0 radical (unpaired) electrons. The van der Waals surface area contributed by atoms with Crippen LogP contribution in [0.15, 0.2) is 12.1 Å². The molecule has 1 aromatic carbocycles. The van der Waals surface area contributed by atoms with E-state index in [1.54, 1.807) is 0 Å². The number of nitrogens with one attached hydrogen (secondary N) is 1. The molecule has 1 aliphatic rings. The van der Waals surface area contributed by atoms with Crippen LogP contribution in [0.25, 0.3) is 0 Å². The fourth-order valence-corrected chi connectivity index (χ4v) is 2.39. The molecule has 2 rings (SSSR count). The van der Waals surface area contributed by atoms with E-state index in [9.17, 15) is 8.78 Å². The number of nitrogens with zero attached hydrogens (tertiary/aromatic N) is 1. The predicted molar refractivity (Wildman–Crippen MR) is 70.0 cm³/mol. The van der Waals surface area contributed by atoms with Gasteiger partial charge in [-0.1, -0.05) is 0 Å². The van der Waals surface area contributed by atoms with Gasteiger partial charge in [-0.25, -0.2) is 8.78 Å². The Morgan fingerprint density at radius 3 is 2.42 bits per heavy atom. The van der Waals surface area contributed by atoms with Crippen LogP contribution in [-0.2, 0) is 6.54 Å².